The van der Waals surface area contributed by atoms with E-state index in [4.69, 9.17) is 4.98 Å². The van der Waals surface area contributed by atoms with Gasteiger partial charge in [-0.2, -0.15) is 4.98 Å². The number of hydrogen-bond donors (Lipinski definition) is 4. The first-order valence-electron chi connectivity index (χ1n) is 12.1. The Balaban J connectivity index is 1.35. The summed E-state index contributed by atoms with van der Waals surface area (Å²) in [6.07, 6.45) is 9.30. The fraction of sp³-hybridized carbons (Fsp3) is 0.423. The van der Waals surface area contributed by atoms with Gasteiger partial charge in [-0.1, -0.05) is 18.2 Å². The Morgan fingerprint density at radius 3 is 2.39 bits per heavy atom. The fourth-order valence-electron chi connectivity index (χ4n) is 4.80. The third-order valence-corrected chi connectivity index (χ3v) is 6.74. The van der Waals surface area contributed by atoms with Gasteiger partial charge in [-0.3, -0.25) is 4.98 Å². The van der Waals surface area contributed by atoms with Gasteiger partial charge in [0.1, 0.15) is 5.82 Å². The van der Waals surface area contributed by atoms with Crippen molar-refractivity contribution in [3.8, 4) is 11.3 Å². The molecule has 0 atom stereocenters. The lowest BCUT2D eigenvalue weighted by Crippen LogP contribution is -2.29. The van der Waals surface area contributed by atoms with Gasteiger partial charge in [0.25, 0.3) is 0 Å². The number of nitrogens with one attached hydrogen (secondary N) is 3. The van der Waals surface area contributed by atoms with Gasteiger partial charge in [-0.25, -0.2) is 4.98 Å². The standard InChI is InChI=1S/C26H32N6O/c33-22-10-8-20(9-11-22)30-25-23(24-3-1-2-14-28-24)17-29-26(32-25)31-21-6-4-18(5-7-21)19-12-15-27-16-13-19/h1-7,14,17,19-20,22,27,33H,8-13,15-16H2,(H2,29,30,31,32). The Labute approximate surface area is 195 Å². The van der Waals surface area contributed by atoms with Gasteiger partial charge in [0, 0.05) is 24.1 Å². The van der Waals surface area contributed by atoms with E-state index < -0.39 is 0 Å². The second-order valence-corrected chi connectivity index (χ2v) is 9.09. The minimum absolute atomic E-state index is 0.186. The number of rotatable bonds is 6. The van der Waals surface area contributed by atoms with E-state index in [1.165, 1.54) is 18.4 Å². The molecule has 5 rings (SSSR count). The summed E-state index contributed by atoms with van der Waals surface area (Å²) in [4.78, 5) is 13.9. The van der Waals surface area contributed by atoms with Crippen LogP contribution in [0.1, 0.15) is 50.0 Å². The van der Waals surface area contributed by atoms with Crippen LogP contribution in [0, 0.1) is 0 Å². The van der Waals surface area contributed by atoms with Crippen LogP contribution in [0.15, 0.2) is 54.9 Å². The molecule has 0 spiro atoms. The molecule has 7 nitrogen and oxygen atoms in total. The highest BCUT2D eigenvalue weighted by molar-refractivity contribution is 5.73. The molecule has 1 saturated heterocycles. The van der Waals surface area contributed by atoms with E-state index in [1.54, 1.807) is 6.20 Å². The van der Waals surface area contributed by atoms with Gasteiger partial charge >= 0.3 is 0 Å². The lowest BCUT2D eigenvalue weighted by atomic mass is 9.90. The third kappa shape index (κ3) is 5.49. The lowest BCUT2D eigenvalue weighted by molar-refractivity contribution is 0.126. The maximum absolute atomic E-state index is 9.86. The fourth-order valence-corrected chi connectivity index (χ4v) is 4.80. The van der Waals surface area contributed by atoms with Crippen LogP contribution < -0.4 is 16.0 Å². The van der Waals surface area contributed by atoms with Crippen molar-refractivity contribution in [1.82, 2.24) is 20.3 Å². The van der Waals surface area contributed by atoms with Crippen molar-refractivity contribution in [1.29, 1.82) is 0 Å². The average Bonchev–Trinajstić information content (AvgIpc) is 2.87. The monoisotopic (exact) mass is 444 g/mol. The molecule has 1 aromatic carbocycles. The first-order chi connectivity index (χ1) is 16.2. The number of anilines is 3. The number of pyridine rings is 1. The molecule has 2 aliphatic rings. The zero-order valence-electron chi connectivity index (χ0n) is 18.9. The molecule has 4 N–H and O–H groups in total. The second kappa shape index (κ2) is 10.3. The highest BCUT2D eigenvalue weighted by Crippen LogP contribution is 2.30. The molecule has 3 aromatic rings. The van der Waals surface area contributed by atoms with E-state index in [2.05, 4.69) is 50.2 Å². The zero-order valence-corrected chi connectivity index (χ0v) is 18.9. The summed E-state index contributed by atoms with van der Waals surface area (Å²) >= 11 is 0. The van der Waals surface area contributed by atoms with Crippen LogP contribution in [0.5, 0.6) is 0 Å². The topological polar surface area (TPSA) is 95.0 Å². The van der Waals surface area contributed by atoms with Crippen molar-refractivity contribution < 1.29 is 5.11 Å². The van der Waals surface area contributed by atoms with E-state index in [0.717, 1.165) is 61.5 Å². The second-order valence-electron chi connectivity index (χ2n) is 9.09. The molecular weight excluding hydrogens is 412 g/mol. The van der Waals surface area contributed by atoms with Crippen LogP contribution in [0.3, 0.4) is 0 Å². The number of piperidine rings is 1. The summed E-state index contributed by atoms with van der Waals surface area (Å²) < 4.78 is 0. The number of aliphatic hydroxyl groups is 1. The van der Waals surface area contributed by atoms with Gasteiger partial charge in [0.2, 0.25) is 5.95 Å². The highest BCUT2D eigenvalue weighted by Gasteiger charge is 2.21. The zero-order chi connectivity index (χ0) is 22.5. The molecular formula is C26H32N6O. The van der Waals surface area contributed by atoms with Crippen molar-refractivity contribution in [2.45, 2.75) is 56.6 Å². The van der Waals surface area contributed by atoms with Gasteiger partial charge in [-0.05, 0) is 87.4 Å². The molecule has 0 amide bonds. The molecule has 7 heteroatoms. The Morgan fingerprint density at radius 2 is 1.67 bits per heavy atom. The number of benzene rings is 1. The number of aromatic nitrogens is 3. The van der Waals surface area contributed by atoms with Gasteiger partial charge in [-0.15, -0.1) is 0 Å². The van der Waals surface area contributed by atoms with Crippen LogP contribution in [-0.2, 0) is 0 Å². The molecule has 33 heavy (non-hydrogen) atoms. The number of nitrogens with zero attached hydrogens (tertiary/aromatic N) is 3. The summed E-state index contributed by atoms with van der Waals surface area (Å²) in [7, 11) is 0. The Morgan fingerprint density at radius 1 is 0.879 bits per heavy atom. The average molecular weight is 445 g/mol. The van der Waals surface area contributed by atoms with Crippen molar-refractivity contribution in [3.05, 3.63) is 60.4 Å². The quantitative estimate of drug-likeness (QED) is 0.446. The molecule has 172 valence electrons. The SMILES string of the molecule is OC1CCC(Nc2nc(Nc3ccc(C4CCNCC4)cc3)ncc2-c2ccccn2)CC1. The van der Waals surface area contributed by atoms with Crippen LogP contribution >= 0.6 is 0 Å². The van der Waals surface area contributed by atoms with Crippen molar-refractivity contribution in [2.75, 3.05) is 23.7 Å². The van der Waals surface area contributed by atoms with Gasteiger partial charge in [0.15, 0.2) is 0 Å². The van der Waals surface area contributed by atoms with Gasteiger partial charge in [0.05, 0.1) is 17.4 Å². The van der Waals surface area contributed by atoms with E-state index in [0.29, 0.717) is 11.9 Å². The Hall–Kier alpha value is -3.03. The minimum atomic E-state index is -0.186. The predicted octanol–water partition coefficient (Wildman–Crippen LogP) is 4.46. The largest absolute Gasteiger partial charge is 0.393 e. The van der Waals surface area contributed by atoms with Crippen LogP contribution in [0.4, 0.5) is 17.5 Å². The van der Waals surface area contributed by atoms with Crippen LogP contribution in [0.25, 0.3) is 11.3 Å². The van der Waals surface area contributed by atoms with Gasteiger partial charge < -0.3 is 21.1 Å². The van der Waals surface area contributed by atoms with E-state index in [9.17, 15) is 5.11 Å². The first kappa shape index (κ1) is 21.8. The smallest absolute Gasteiger partial charge is 0.229 e. The summed E-state index contributed by atoms with van der Waals surface area (Å²) in [6.45, 7) is 2.19. The number of aliphatic hydroxyl groups excluding tert-OH is 1. The van der Waals surface area contributed by atoms with Crippen molar-refractivity contribution >= 4 is 17.5 Å². The molecule has 3 heterocycles. The van der Waals surface area contributed by atoms with E-state index in [1.807, 2.05) is 24.4 Å². The highest BCUT2D eigenvalue weighted by atomic mass is 16.3. The molecule has 2 fully saturated rings. The predicted molar refractivity (Wildman–Crippen MR) is 132 cm³/mol. The molecule has 1 saturated carbocycles. The first-order valence-corrected chi connectivity index (χ1v) is 12.1. The van der Waals surface area contributed by atoms with E-state index >= 15 is 0 Å². The minimum Gasteiger partial charge on any atom is -0.393 e. The molecule has 2 aromatic heterocycles. The van der Waals surface area contributed by atoms with Crippen molar-refractivity contribution in [3.63, 3.8) is 0 Å². The Bertz CT molecular complexity index is 1030. The summed E-state index contributed by atoms with van der Waals surface area (Å²) in [5.41, 5.74) is 4.10. The summed E-state index contributed by atoms with van der Waals surface area (Å²) in [5, 5.41) is 20.3. The third-order valence-electron chi connectivity index (χ3n) is 6.74. The molecule has 0 unspecified atom stereocenters. The molecule has 0 radical (unpaired) electrons. The van der Waals surface area contributed by atoms with Crippen LogP contribution in [0.2, 0.25) is 0 Å². The molecule has 1 aliphatic heterocycles. The van der Waals surface area contributed by atoms with Crippen molar-refractivity contribution in [2.24, 2.45) is 0 Å². The molecule has 0 bridgehead atoms. The normalized spacial score (nSPS) is 21.5. The maximum Gasteiger partial charge on any atom is 0.229 e. The lowest BCUT2D eigenvalue weighted by Gasteiger charge is -2.27. The summed E-state index contributed by atoms with van der Waals surface area (Å²) in [5.74, 6) is 1.97. The maximum atomic E-state index is 9.86. The van der Waals surface area contributed by atoms with E-state index in [-0.39, 0.29) is 12.1 Å². The summed E-state index contributed by atoms with van der Waals surface area (Å²) in [6, 6.07) is 14.8. The van der Waals surface area contributed by atoms with Crippen LogP contribution in [-0.4, -0.2) is 45.3 Å². The molecule has 1 aliphatic carbocycles. The Kier molecular flexibility index (Phi) is 6.79. The number of hydrogen-bond acceptors (Lipinski definition) is 7.